The highest BCUT2D eigenvalue weighted by molar-refractivity contribution is 5.79. The number of nitrogens with one attached hydrogen (secondary N) is 1. The van der Waals surface area contributed by atoms with Crippen LogP contribution >= 0.6 is 0 Å². The summed E-state index contributed by atoms with van der Waals surface area (Å²) in [6.07, 6.45) is 0.699. The average Bonchev–Trinajstić information content (AvgIpc) is 2.36. The van der Waals surface area contributed by atoms with Crippen LogP contribution < -0.4 is 10.2 Å². The largest absolute Gasteiger partial charge is 0.464 e. The summed E-state index contributed by atoms with van der Waals surface area (Å²) in [4.78, 5) is 13.7. The molecule has 18 heavy (non-hydrogen) atoms. The SMILES string of the molecule is CCOC(=O)C(CC)Nc1cccc(N(C)C)c1. The van der Waals surface area contributed by atoms with Gasteiger partial charge in [-0.2, -0.15) is 0 Å². The van der Waals surface area contributed by atoms with Crippen LogP contribution in [0.4, 0.5) is 11.4 Å². The lowest BCUT2D eigenvalue weighted by Gasteiger charge is -2.19. The van der Waals surface area contributed by atoms with Crippen LogP contribution in [0.2, 0.25) is 0 Å². The summed E-state index contributed by atoms with van der Waals surface area (Å²) < 4.78 is 5.03. The molecular weight excluding hydrogens is 228 g/mol. The number of carbonyl (C=O) groups is 1. The summed E-state index contributed by atoms with van der Waals surface area (Å²) >= 11 is 0. The van der Waals surface area contributed by atoms with E-state index in [9.17, 15) is 4.79 Å². The molecule has 4 heteroatoms. The maximum absolute atomic E-state index is 11.7. The molecule has 100 valence electrons. The number of carbonyl (C=O) groups excluding carboxylic acids is 1. The second-order valence-corrected chi connectivity index (χ2v) is 4.30. The van der Waals surface area contributed by atoms with Gasteiger partial charge in [-0.15, -0.1) is 0 Å². The van der Waals surface area contributed by atoms with Crippen LogP contribution in [0.25, 0.3) is 0 Å². The number of hydrogen-bond acceptors (Lipinski definition) is 4. The Morgan fingerprint density at radius 2 is 2.11 bits per heavy atom. The maximum atomic E-state index is 11.7. The van der Waals surface area contributed by atoms with Crippen molar-refractivity contribution < 1.29 is 9.53 Å². The van der Waals surface area contributed by atoms with Gasteiger partial charge < -0.3 is 15.0 Å². The summed E-state index contributed by atoms with van der Waals surface area (Å²) in [6.45, 7) is 4.19. The van der Waals surface area contributed by atoms with E-state index in [1.165, 1.54) is 0 Å². The minimum atomic E-state index is -0.289. The third kappa shape index (κ3) is 3.95. The van der Waals surface area contributed by atoms with E-state index in [2.05, 4.69) is 5.32 Å². The lowest BCUT2D eigenvalue weighted by atomic mass is 10.2. The van der Waals surface area contributed by atoms with Gasteiger partial charge in [-0.25, -0.2) is 4.79 Å². The van der Waals surface area contributed by atoms with Gasteiger partial charge in [-0.3, -0.25) is 0 Å². The smallest absolute Gasteiger partial charge is 0.328 e. The Bertz CT molecular complexity index is 391. The number of benzene rings is 1. The zero-order chi connectivity index (χ0) is 13.5. The molecule has 0 spiro atoms. The van der Waals surface area contributed by atoms with Crippen LogP contribution in [0.15, 0.2) is 24.3 Å². The second kappa shape index (κ2) is 6.89. The maximum Gasteiger partial charge on any atom is 0.328 e. The molecule has 1 rings (SSSR count). The minimum Gasteiger partial charge on any atom is -0.464 e. The number of hydrogen-bond donors (Lipinski definition) is 1. The normalized spacial score (nSPS) is 11.8. The van der Waals surface area contributed by atoms with E-state index in [0.717, 1.165) is 11.4 Å². The molecule has 4 nitrogen and oxygen atoms in total. The first-order chi connectivity index (χ1) is 8.58. The first kappa shape index (κ1) is 14.4. The van der Waals surface area contributed by atoms with Gasteiger partial charge in [0.25, 0.3) is 0 Å². The van der Waals surface area contributed by atoms with Crippen molar-refractivity contribution in [3.63, 3.8) is 0 Å². The molecule has 0 saturated heterocycles. The van der Waals surface area contributed by atoms with E-state index in [1.807, 2.05) is 57.1 Å². The molecule has 0 saturated carbocycles. The van der Waals surface area contributed by atoms with E-state index in [0.29, 0.717) is 13.0 Å². The predicted octanol–water partition coefficient (Wildman–Crippen LogP) is 2.51. The van der Waals surface area contributed by atoms with Crippen molar-refractivity contribution in [1.29, 1.82) is 0 Å². The first-order valence-electron chi connectivity index (χ1n) is 6.29. The summed E-state index contributed by atoms with van der Waals surface area (Å²) in [7, 11) is 3.98. The molecule has 0 aliphatic rings. The van der Waals surface area contributed by atoms with Crippen LogP contribution in [0, 0.1) is 0 Å². The standard InChI is InChI=1S/C14H22N2O2/c1-5-13(14(17)18-6-2)15-11-8-7-9-12(10-11)16(3)4/h7-10,13,15H,5-6H2,1-4H3. The highest BCUT2D eigenvalue weighted by atomic mass is 16.5. The highest BCUT2D eigenvalue weighted by Gasteiger charge is 2.17. The number of rotatable bonds is 6. The average molecular weight is 250 g/mol. The van der Waals surface area contributed by atoms with Crippen LogP contribution in [-0.4, -0.2) is 32.7 Å². The number of anilines is 2. The third-order valence-electron chi connectivity index (χ3n) is 2.68. The van der Waals surface area contributed by atoms with Crippen molar-refractivity contribution in [3.8, 4) is 0 Å². The fourth-order valence-corrected chi connectivity index (χ4v) is 1.65. The van der Waals surface area contributed by atoms with Crippen molar-refractivity contribution in [2.24, 2.45) is 0 Å². The molecular formula is C14H22N2O2. The van der Waals surface area contributed by atoms with Crippen LogP contribution in [0.3, 0.4) is 0 Å². The quantitative estimate of drug-likeness (QED) is 0.788. The lowest BCUT2D eigenvalue weighted by molar-refractivity contribution is -0.144. The van der Waals surface area contributed by atoms with Gasteiger partial charge in [0, 0.05) is 25.5 Å². The molecule has 1 N–H and O–H groups in total. The molecule has 0 aliphatic carbocycles. The third-order valence-corrected chi connectivity index (χ3v) is 2.68. The molecule has 0 bridgehead atoms. The fourth-order valence-electron chi connectivity index (χ4n) is 1.65. The van der Waals surface area contributed by atoms with Crippen molar-refractivity contribution in [3.05, 3.63) is 24.3 Å². The molecule has 0 amide bonds. The molecule has 1 aromatic carbocycles. The zero-order valence-corrected chi connectivity index (χ0v) is 11.6. The summed E-state index contributed by atoms with van der Waals surface area (Å²) in [6, 6.07) is 7.67. The van der Waals surface area contributed by atoms with Crippen molar-refractivity contribution in [2.45, 2.75) is 26.3 Å². The van der Waals surface area contributed by atoms with E-state index in [4.69, 9.17) is 4.74 Å². The first-order valence-corrected chi connectivity index (χ1v) is 6.29. The fraction of sp³-hybridized carbons (Fsp3) is 0.500. The summed E-state index contributed by atoms with van der Waals surface area (Å²) in [5, 5.41) is 3.21. The van der Waals surface area contributed by atoms with Gasteiger partial charge >= 0.3 is 5.97 Å². The summed E-state index contributed by atoms with van der Waals surface area (Å²) in [5.41, 5.74) is 2.03. The zero-order valence-electron chi connectivity index (χ0n) is 11.6. The number of nitrogens with zero attached hydrogens (tertiary/aromatic N) is 1. The molecule has 0 aliphatic heterocycles. The van der Waals surface area contributed by atoms with Gasteiger partial charge in [-0.1, -0.05) is 13.0 Å². The Morgan fingerprint density at radius 1 is 1.39 bits per heavy atom. The Labute approximate surface area is 109 Å². The molecule has 1 unspecified atom stereocenters. The lowest BCUT2D eigenvalue weighted by Crippen LogP contribution is -2.30. The Morgan fingerprint density at radius 3 is 2.67 bits per heavy atom. The monoisotopic (exact) mass is 250 g/mol. The molecule has 0 fully saturated rings. The Kier molecular flexibility index (Phi) is 5.49. The van der Waals surface area contributed by atoms with Crippen LogP contribution in [-0.2, 0) is 9.53 Å². The van der Waals surface area contributed by atoms with Gasteiger partial charge in [0.15, 0.2) is 0 Å². The topological polar surface area (TPSA) is 41.6 Å². The van der Waals surface area contributed by atoms with Gasteiger partial charge in [0.05, 0.1) is 6.61 Å². The van der Waals surface area contributed by atoms with Crippen LogP contribution in [0.5, 0.6) is 0 Å². The van der Waals surface area contributed by atoms with Crippen molar-refractivity contribution in [1.82, 2.24) is 0 Å². The van der Waals surface area contributed by atoms with Gasteiger partial charge in [0.1, 0.15) is 6.04 Å². The van der Waals surface area contributed by atoms with Crippen LogP contribution in [0.1, 0.15) is 20.3 Å². The van der Waals surface area contributed by atoms with E-state index in [-0.39, 0.29) is 12.0 Å². The molecule has 1 atom stereocenters. The van der Waals surface area contributed by atoms with Gasteiger partial charge in [-0.05, 0) is 31.5 Å². The molecule has 1 aromatic rings. The highest BCUT2D eigenvalue weighted by Crippen LogP contribution is 2.18. The second-order valence-electron chi connectivity index (χ2n) is 4.30. The van der Waals surface area contributed by atoms with Crippen molar-refractivity contribution >= 4 is 17.3 Å². The van der Waals surface area contributed by atoms with E-state index < -0.39 is 0 Å². The summed E-state index contributed by atoms with van der Waals surface area (Å²) in [5.74, 6) is -0.199. The van der Waals surface area contributed by atoms with E-state index >= 15 is 0 Å². The Hall–Kier alpha value is -1.71. The number of ether oxygens (including phenoxy) is 1. The van der Waals surface area contributed by atoms with E-state index in [1.54, 1.807) is 0 Å². The molecule has 0 heterocycles. The molecule has 0 aromatic heterocycles. The van der Waals surface area contributed by atoms with Crippen molar-refractivity contribution in [2.75, 3.05) is 30.9 Å². The minimum absolute atomic E-state index is 0.199. The Balaban J connectivity index is 2.75. The van der Waals surface area contributed by atoms with Gasteiger partial charge in [0.2, 0.25) is 0 Å². The molecule has 0 radical (unpaired) electrons. The predicted molar refractivity (Wildman–Crippen MR) is 75.1 cm³/mol. The number of esters is 1.